The number of hydrogen-bond acceptors (Lipinski definition) is 5. The van der Waals surface area contributed by atoms with Crippen LogP contribution in [0.5, 0.6) is 0 Å². The normalized spacial score (nSPS) is 13.6. The van der Waals surface area contributed by atoms with Crippen LogP contribution in [-0.4, -0.2) is 59.4 Å². The second kappa shape index (κ2) is 29.4. The first-order chi connectivity index (χ1) is 19.5. The van der Waals surface area contributed by atoms with Gasteiger partial charge >= 0.3 is 6.09 Å². The monoisotopic (exact) mass is 570 g/mol. The number of aliphatic hydroxyl groups excluding tert-OH is 2. The van der Waals surface area contributed by atoms with Crippen molar-refractivity contribution in [3.8, 4) is 0 Å². The lowest BCUT2D eigenvalue weighted by molar-refractivity contribution is -0.109. The summed E-state index contributed by atoms with van der Waals surface area (Å²) in [6.07, 6.45) is 26.5. The molecule has 0 heterocycles. The van der Waals surface area contributed by atoms with Crippen molar-refractivity contribution in [1.29, 1.82) is 0 Å². The van der Waals surface area contributed by atoms with Crippen LogP contribution in [0, 0.1) is 5.92 Å². The van der Waals surface area contributed by atoms with Crippen molar-refractivity contribution < 1.29 is 24.5 Å². The van der Waals surface area contributed by atoms with Crippen molar-refractivity contribution in [1.82, 2.24) is 4.90 Å². The maximum atomic E-state index is 13.0. The van der Waals surface area contributed by atoms with Gasteiger partial charge < -0.3 is 24.6 Å². The number of carbonyl (C=O) groups excluding carboxylic acids is 2. The Morgan fingerprint density at radius 2 is 1.15 bits per heavy atom. The molecule has 0 aromatic carbocycles. The number of ether oxygens (including phenoxy) is 1. The second-order valence-electron chi connectivity index (χ2n) is 11.9. The summed E-state index contributed by atoms with van der Waals surface area (Å²) in [7, 11) is 0. The first-order valence-electron chi connectivity index (χ1n) is 17.2. The van der Waals surface area contributed by atoms with Gasteiger partial charge in [0, 0.05) is 24.9 Å². The van der Waals surface area contributed by atoms with Gasteiger partial charge in [-0.1, -0.05) is 142 Å². The molecule has 1 amide bonds. The number of carbonyl (C=O) groups is 2. The van der Waals surface area contributed by atoms with Crippen molar-refractivity contribution >= 4 is 12.4 Å². The van der Waals surface area contributed by atoms with Gasteiger partial charge in [0.25, 0.3) is 0 Å². The van der Waals surface area contributed by atoms with Crippen LogP contribution >= 0.6 is 0 Å². The summed E-state index contributed by atoms with van der Waals surface area (Å²) >= 11 is 0. The summed E-state index contributed by atoms with van der Waals surface area (Å²) in [5.41, 5.74) is 0. The number of aldehydes is 1. The molecule has 3 atom stereocenters. The van der Waals surface area contributed by atoms with Gasteiger partial charge in [-0.05, 0) is 19.8 Å². The van der Waals surface area contributed by atoms with Crippen LogP contribution in [0.3, 0.4) is 0 Å². The van der Waals surface area contributed by atoms with E-state index in [2.05, 4.69) is 13.8 Å². The number of amides is 1. The lowest BCUT2D eigenvalue weighted by atomic mass is 9.86. The van der Waals surface area contributed by atoms with E-state index in [9.17, 15) is 19.8 Å². The quantitative estimate of drug-likeness (QED) is 0.0666. The SMILES string of the molecule is CCCCCCCCCCCCCC(C(C)O)C(CC=O)N(CCO)C(=O)OCCCCCCCCCCCC. The highest BCUT2D eigenvalue weighted by Gasteiger charge is 2.33. The largest absolute Gasteiger partial charge is 0.449 e. The molecule has 0 aromatic rings. The number of unbranched alkanes of at least 4 members (excludes halogenated alkanes) is 19. The summed E-state index contributed by atoms with van der Waals surface area (Å²) in [4.78, 5) is 26.0. The molecule has 0 bridgehead atoms. The predicted octanol–water partition coefficient (Wildman–Crippen LogP) is 8.99. The molecule has 0 saturated heterocycles. The Kier molecular flexibility index (Phi) is 28.5. The first kappa shape index (κ1) is 38.9. The zero-order valence-corrected chi connectivity index (χ0v) is 26.8. The van der Waals surface area contributed by atoms with Crippen LogP contribution < -0.4 is 0 Å². The molecule has 0 radical (unpaired) electrons. The molecule has 3 unspecified atom stereocenters. The highest BCUT2D eigenvalue weighted by molar-refractivity contribution is 5.69. The molecule has 0 rings (SSSR count). The molecule has 0 aromatic heterocycles. The van der Waals surface area contributed by atoms with Gasteiger partial charge in [-0.3, -0.25) is 0 Å². The van der Waals surface area contributed by atoms with Gasteiger partial charge in [-0.25, -0.2) is 4.79 Å². The van der Waals surface area contributed by atoms with Crippen molar-refractivity contribution in [2.45, 2.75) is 181 Å². The highest BCUT2D eigenvalue weighted by Crippen LogP contribution is 2.26. The molecule has 0 fully saturated rings. The average Bonchev–Trinajstić information content (AvgIpc) is 2.94. The van der Waals surface area contributed by atoms with Crippen molar-refractivity contribution in [3.63, 3.8) is 0 Å². The number of rotatable bonds is 30. The third-order valence-corrected chi connectivity index (χ3v) is 8.29. The lowest BCUT2D eigenvalue weighted by Crippen LogP contribution is -2.49. The number of hydrogen-bond donors (Lipinski definition) is 2. The molecule has 0 spiro atoms. The minimum absolute atomic E-state index is 0.108. The Hall–Kier alpha value is -1.14. The lowest BCUT2D eigenvalue weighted by Gasteiger charge is -2.37. The summed E-state index contributed by atoms with van der Waals surface area (Å²) in [6.45, 7) is 6.49. The molecular formula is C34H67NO5. The van der Waals surface area contributed by atoms with Gasteiger partial charge in [0.15, 0.2) is 0 Å². The van der Waals surface area contributed by atoms with Crippen LogP contribution in [0.2, 0.25) is 0 Å². The van der Waals surface area contributed by atoms with E-state index >= 15 is 0 Å². The van der Waals surface area contributed by atoms with Crippen LogP contribution in [0.15, 0.2) is 0 Å². The predicted molar refractivity (Wildman–Crippen MR) is 168 cm³/mol. The Balaban J connectivity index is 4.48. The van der Waals surface area contributed by atoms with E-state index in [0.717, 1.165) is 44.8 Å². The van der Waals surface area contributed by atoms with E-state index in [1.165, 1.54) is 108 Å². The second-order valence-corrected chi connectivity index (χ2v) is 11.9. The van der Waals surface area contributed by atoms with Gasteiger partial charge in [0.2, 0.25) is 0 Å². The fourth-order valence-corrected chi connectivity index (χ4v) is 5.76. The summed E-state index contributed by atoms with van der Waals surface area (Å²) < 4.78 is 5.58. The zero-order valence-electron chi connectivity index (χ0n) is 26.8. The molecule has 6 nitrogen and oxygen atoms in total. The molecule has 2 N–H and O–H groups in total. The standard InChI is InChI=1S/C34H67NO5/c1-4-6-8-10-12-14-16-17-19-21-23-25-32(31(3)38)33(26-28-36)35(27-29-37)34(39)40-30-24-22-20-18-15-13-11-9-7-5-2/h28,31-33,37-38H,4-27,29-30H2,1-3H3. The molecular weight excluding hydrogens is 502 g/mol. The minimum atomic E-state index is -0.649. The van der Waals surface area contributed by atoms with Crippen molar-refractivity contribution in [3.05, 3.63) is 0 Å². The topological polar surface area (TPSA) is 87.1 Å². The summed E-state index contributed by atoms with van der Waals surface area (Å²) in [5.74, 6) is -0.222. The fourth-order valence-electron chi connectivity index (χ4n) is 5.76. The summed E-state index contributed by atoms with van der Waals surface area (Å²) in [5, 5.41) is 20.2. The van der Waals surface area contributed by atoms with Gasteiger partial charge in [0.05, 0.1) is 19.3 Å². The highest BCUT2D eigenvalue weighted by atomic mass is 16.6. The van der Waals surface area contributed by atoms with Crippen molar-refractivity contribution in [2.24, 2.45) is 5.92 Å². The molecule has 6 heteroatoms. The first-order valence-corrected chi connectivity index (χ1v) is 17.2. The molecule has 0 aliphatic rings. The third kappa shape index (κ3) is 21.6. The van der Waals surface area contributed by atoms with Gasteiger partial charge in [0.1, 0.15) is 6.29 Å². The minimum Gasteiger partial charge on any atom is -0.449 e. The Morgan fingerprint density at radius 1 is 0.725 bits per heavy atom. The van der Waals surface area contributed by atoms with E-state index in [1.807, 2.05) is 0 Å². The third-order valence-electron chi connectivity index (χ3n) is 8.29. The maximum Gasteiger partial charge on any atom is 0.410 e. The average molecular weight is 570 g/mol. The Morgan fingerprint density at radius 3 is 1.55 bits per heavy atom. The van der Waals surface area contributed by atoms with E-state index in [0.29, 0.717) is 6.61 Å². The van der Waals surface area contributed by atoms with E-state index in [-0.39, 0.29) is 25.5 Å². The Labute approximate surface area is 248 Å². The zero-order chi connectivity index (χ0) is 29.7. The van der Waals surface area contributed by atoms with Gasteiger partial charge in [-0.15, -0.1) is 0 Å². The van der Waals surface area contributed by atoms with Gasteiger partial charge in [-0.2, -0.15) is 0 Å². The molecule has 0 aliphatic carbocycles. The summed E-state index contributed by atoms with van der Waals surface area (Å²) in [6, 6.07) is -0.465. The van der Waals surface area contributed by atoms with Crippen LogP contribution in [-0.2, 0) is 9.53 Å². The smallest absolute Gasteiger partial charge is 0.410 e. The molecule has 238 valence electrons. The maximum absolute atomic E-state index is 13.0. The molecule has 40 heavy (non-hydrogen) atoms. The molecule has 0 saturated carbocycles. The van der Waals surface area contributed by atoms with Crippen LogP contribution in [0.25, 0.3) is 0 Å². The number of aliphatic hydroxyl groups is 2. The van der Waals surface area contributed by atoms with Crippen molar-refractivity contribution in [2.75, 3.05) is 19.8 Å². The van der Waals surface area contributed by atoms with E-state index < -0.39 is 18.2 Å². The van der Waals surface area contributed by atoms with E-state index in [4.69, 9.17) is 4.74 Å². The molecule has 0 aliphatic heterocycles. The van der Waals surface area contributed by atoms with E-state index in [1.54, 1.807) is 6.92 Å². The fraction of sp³-hybridized carbons (Fsp3) is 0.941. The van der Waals surface area contributed by atoms with Crippen LogP contribution in [0.1, 0.15) is 168 Å². The number of nitrogens with zero attached hydrogens (tertiary/aromatic N) is 1. The Bertz CT molecular complexity index is 556. The van der Waals surface area contributed by atoms with Crippen LogP contribution in [0.4, 0.5) is 4.79 Å².